The monoisotopic (exact) mass is 274 g/mol. The van der Waals surface area contributed by atoms with E-state index in [9.17, 15) is 14.4 Å². The van der Waals surface area contributed by atoms with Crippen LogP contribution in [0.2, 0.25) is 0 Å². The molecule has 0 aromatic heterocycles. The van der Waals surface area contributed by atoms with Crippen molar-refractivity contribution in [3.63, 3.8) is 0 Å². The van der Waals surface area contributed by atoms with Gasteiger partial charge in [0.15, 0.2) is 0 Å². The van der Waals surface area contributed by atoms with Crippen LogP contribution in [0.25, 0.3) is 0 Å². The summed E-state index contributed by atoms with van der Waals surface area (Å²) in [7, 11) is 1.23. The predicted molar refractivity (Wildman–Crippen MR) is 68.5 cm³/mol. The Morgan fingerprint density at radius 1 is 1.00 bits per heavy atom. The minimum atomic E-state index is -0.818. The molecule has 2 N–H and O–H groups in total. The number of hydrogen-bond acceptors (Lipinski definition) is 5. The fraction of sp³-hybridized carbons (Fsp3) is 0.750. The van der Waals surface area contributed by atoms with Crippen molar-refractivity contribution in [1.82, 2.24) is 10.6 Å². The normalized spacial score (nSPS) is 14.0. The van der Waals surface area contributed by atoms with Gasteiger partial charge in [0.1, 0.15) is 17.7 Å². The number of carbonyl (C=O) groups excluding carboxylic acids is 3. The van der Waals surface area contributed by atoms with E-state index in [4.69, 9.17) is 4.74 Å². The average Bonchev–Trinajstić information content (AvgIpc) is 2.24. The number of rotatable bonds is 4. The quantitative estimate of drug-likeness (QED) is 0.731. The maximum absolute atomic E-state index is 11.7. The van der Waals surface area contributed by atoms with Crippen molar-refractivity contribution in [2.45, 2.75) is 52.3 Å². The van der Waals surface area contributed by atoms with Gasteiger partial charge in [-0.15, -0.1) is 0 Å². The first kappa shape index (κ1) is 17.2. The smallest absolute Gasteiger partial charge is 0.408 e. The third-order valence-corrected chi connectivity index (χ3v) is 2.04. The van der Waals surface area contributed by atoms with E-state index in [0.29, 0.717) is 0 Å². The van der Waals surface area contributed by atoms with E-state index < -0.39 is 35.7 Å². The molecule has 110 valence electrons. The topological polar surface area (TPSA) is 93.7 Å². The zero-order valence-corrected chi connectivity index (χ0v) is 12.2. The molecule has 0 saturated heterocycles. The molecule has 0 aromatic rings. The molecule has 0 fully saturated rings. The van der Waals surface area contributed by atoms with Crippen molar-refractivity contribution < 1.29 is 23.9 Å². The number of ether oxygens (including phenoxy) is 2. The maximum Gasteiger partial charge on any atom is 0.408 e. The summed E-state index contributed by atoms with van der Waals surface area (Å²) >= 11 is 0. The minimum absolute atomic E-state index is 0.497. The number of nitrogens with one attached hydrogen (secondary N) is 2. The molecule has 0 rings (SSSR count). The van der Waals surface area contributed by atoms with Gasteiger partial charge in [0.05, 0.1) is 7.11 Å². The van der Waals surface area contributed by atoms with Gasteiger partial charge in [0.2, 0.25) is 5.91 Å². The molecule has 7 heteroatoms. The van der Waals surface area contributed by atoms with Gasteiger partial charge >= 0.3 is 12.1 Å². The van der Waals surface area contributed by atoms with Gasteiger partial charge in [-0.3, -0.25) is 4.79 Å². The van der Waals surface area contributed by atoms with Crippen molar-refractivity contribution in [3.05, 3.63) is 0 Å². The Hall–Kier alpha value is -1.79. The van der Waals surface area contributed by atoms with Gasteiger partial charge in [-0.25, -0.2) is 9.59 Å². The van der Waals surface area contributed by atoms with Gasteiger partial charge in [-0.05, 0) is 34.6 Å². The first-order chi connectivity index (χ1) is 8.56. The van der Waals surface area contributed by atoms with E-state index in [1.54, 1.807) is 20.8 Å². The van der Waals surface area contributed by atoms with Crippen LogP contribution in [-0.2, 0) is 19.1 Å². The number of alkyl carbamates (subject to hydrolysis) is 1. The zero-order valence-electron chi connectivity index (χ0n) is 12.2. The first-order valence-electron chi connectivity index (χ1n) is 5.94. The summed E-state index contributed by atoms with van der Waals surface area (Å²) in [6, 6.07) is -1.60. The highest BCUT2D eigenvalue weighted by Crippen LogP contribution is 2.06. The van der Waals surface area contributed by atoms with Crippen molar-refractivity contribution in [2.24, 2.45) is 0 Å². The van der Waals surface area contributed by atoms with Crippen molar-refractivity contribution in [2.75, 3.05) is 7.11 Å². The molecule has 0 aliphatic rings. The Bertz CT molecular complexity index is 349. The van der Waals surface area contributed by atoms with Crippen molar-refractivity contribution in [1.29, 1.82) is 0 Å². The molecule has 2 atom stereocenters. The second-order valence-corrected chi connectivity index (χ2v) is 5.12. The fourth-order valence-electron chi connectivity index (χ4n) is 1.12. The second kappa shape index (κ2) is 6.96. The van der Waals surface area contributed by atoms with Crippen LogP contribution in [0.5, 0.6) is 0 Å². The molecular weight excluding hydrogens is 252 g/mol. The molecule has 2 amide bonds. The SMILES string of the molecule is COC(=O)[C@@H](C)NC(=O)[C@@H](C)NC(=O)OC(C)(C)C. The van der Waals surface area contributed by atoms with E-state index in [0.717, 1.165) is 0 Å². The third-order valence-electron chi connectivity index (χ3n) is 2.04. The Labute approximate surface area is 113 Å². The summed E-state index contributed by atoms with van der Waals surface area (Å²) in [5.74, 6) is -1.05. The van der Waals surface area contributed by atoms with Gasteiger partial charge in [-0.1, -0.05) is 0 Å². The van der Waals surface area contributed by atoms with E-state index in [1.807, 2.05) is 0 Å². The van der Waals surface area contributed by atoms with Gasteiger partial charge in [-0.2, -0.15) is 0 Å². The molecule has 0 unspecified atom stereocenters. The lowest BCUT2D eigenvalue weighted by atomic mass is 10.2. The number of methoxy groups -OCH3 is 1. The summed E-state index contributed by atoms with van der Waals surface area (Å²) in [5.41, 5.74) is -0.639. The molecule has 0 spiro atoms. The molecule has 0 saturated carbocycles. The van der Waals surface area contributed by atoms with Gasteiger partial charge in [0.25, 0.3) is 0 Å². The molecule has 19 heavy (non-hydrogen) atoms. The van der Waals surface area contributed by atoms with Crippen LogP contribution in [0.3, 0.4) is 0 Å². The predicted octanol–water partition coefficient (Wildman–Crippen LogP) is 0.577. The number of carbonyl (C=O) groups is 3. The molecule has 0 heterocycles. The van der Waals surface area contributed by atoms with E-state index in [1.165, 1.54) is 21.0 Å². The number of esters is 1. The Balaban J connectivity index is 4.28. The van der Waals surface area contributed by atoms with Crippen LogP contribution in [0, 0.1) is 0 Å². The Morgan fingerprint density at radius 2 is 1.53 bits per heavy atom. The molecular formula is C12H22N2O5. The average molecular weight is 274 g/mol. The molecule has 0 aliphatic heterocycles. The van der Waals surface area contributed by atoms with Crippen LogP contribution in [0.1, 0.15) is 34.6 Å². The summed E-state index contributed by atoms with van der Waals surface area (Å²) in [5, 5.41) is 4.79. The summed E-state index contributed by atoms with van der Waals surface area (Å²) in [6.45, 7) is 8.14. The van der Waals surface area contributed by atoms with Crippen LogP contribution in [0.15, 0.2) is 0 Å². The van der Waals surface area contributed by atoms with Crippen LogP contribution >= 0.6 is 0 Å². The second-order valence-electron chi connectivity index (χ2n) is 5.12. The highest BCUT2D eigenvalue weighted by Gasteiger charge is 2.23. The molecule has 0 bridgehead atoms. The van der Waals surface area contributed by atoms with Crippen LogP contribution < -0.4 is 10.6 Å². The lowest BCUT2D eigenvalue weighted by molar-refractivity contribution is -0.144. The van der Waals surface area contributed by atoms with Crippen LogP contribution in [0.4, 0.5) is 4.79 Å². The lowest BCUT2D eigenvalue weighted by Gasteiger charge is -2.22. The summed E-state index contributed by atoms with van der Waals surface area (Å²) in [4.78, 5) is 34.3. The molecule has 7 nitrogen and oxygen atoms in total. The Morgan fingerprint density at radius 3 is 1.95 bits per heavy atom. The fourth-order valence-corrected chi connectivity index (χ4v) is 1.12. The number of hydrogen-bond donors (Lipinski definition) is 2. The van der Waals surface area contributed by atoms with E-state index in [2.05, 4.69) is 15.4 Å². The lowest BCUT2D eigenvalue weighted by Crippen LogP contribution is -2.50. The molecule has 0 aromatic carbocycles. The zero-order chi connectivity index (χ0) is 15.2. The maximum atomic E-state index is 11.7. The number of amides is 2. The van der Waals surface area contributed by atoms with E-state index >= 15 is 0 Å². The summed E-state index contributed by atoms with van der Waals surface area (Å²) in [6.07, 6.45) is -0.694. The Kier molecular flexibility index (Phi) is 6.31. The molecule has 0 radical (unpaired) electrons. The van der Waals surface area contributed by atoms with Gasteiger partial charge < -0.3 is 20.1 Å². The van der Waals surface area contributed by atoms with Crippen molar-refractivity contribution in [3.8, 4) is 0 Å². The van der Waals surface area contributed by atoms with Crippen LogP contribution in [-0.4, -0.2) is 42.8 Å². The highest BCUT2D eigenvalue weighted by atomic mass is 16.6. The first-order valence-corrected chi connectivity index (χ1v) is 5.94. The van der Waals surface area contributed by atoms with E-state index in [-0.39, 0.29) is 0 Å². The highest BCUT2D eigenvalue weighted by molar-refractivity contribution is 5.89. The van der Waals surface area contributed by atoms with Crippen molar-refractivity contribution >= 4 is 18.0 Å². The summed E-state index contributed by atoms with van der Waals surface area (Å²) < 4.78 is 9.48. The minimum Gasteiger partial charge on any atom is -0.467 e. The standard InChI is InChI=1S/C12H22N2O5/c1-7(14-11(17)19-12(3,4)5)9(15)13-8(2)10(16)18-6/h7-8H,1-6H3,(H,13,15)(H,14,17)/t7-,8-/m1/s1. The molecule has 0 aliphatic carbocycles. The third kappa shape index (κ3) is 7.28. The van der Waals surface area contributed by atoms with Gasteiger partial charge in [0, 0.05) is 0 Å². The largest absolute Gasteiger partial charge is 0.467 e.